The number of carbonyl (C=O) groups excluding carboxylic acids is 1. The van der Waals surface area contributed by atoms with Crippen molar-refractivity contribution in [2.75, 3.05) is 6.61 Å². The zero-order chi connectivity index (χ0) is 18.4. The van der Waals surface area contributed by atoms with E-state index in [0.717, 1.165) is 10.1 Å². The summed E-state index contributed by atoms with van der Waals surface area (Å²) in [6, 6.07) is 16.3. The van der Waals surface area contributed by atoms with Crippen LogP contribution < -0.4 is 11.2 Å². The maximum Gasteiger partial charge on any atom is 0.330 e. The molecule has 3 aromatic rings. The number of para-hydroxylation sites is 1. The zero-order valence-corrected chi connectivity index (χ0v) is 14.1. The number of rotatable bonds is 6. The van der Waals surface area contributed by atoms with Crippen molar-refractivity contribution < 1.29 is 9.53 Å². The number of carbonyl (C=O) groups is 1. The molecule has 6 heteroatoms. The van der Waals surface area contributed by atoms with Crippen molar-refractivity contribution in [3.63, 3.8) is 0 Å². The van der Waals surface area contributed by atoms with Gasteiger partial charge in [0.15, 0.2) is 0 Å². The normalized spacial score (nSPS) is 11.1. The van der Waals surface area contributed by atoms with Crippen LogP contribution in [0.4, 0.5) is 0 Å². The molecule has 1 N–H and O–H groups in total. The molecular formula is C20H18N2O4. The molecule has 0 bridgehead atoms. The molecular weight excluding hydrogens is 332 g/mol. The minimum absolute atomic E-state index is 0.122. The molecule has 0 atom stereocenters. The number of hydrogen-bond donors (Lipinski definition) is 1. The number of aromatic nitrogens is 2. The second-order valence-electron chi connectivity index (χ2n) is 5.70. The van der Waals surface area contributed by atoms with Gasteiger partial charge in [0, 0.05) is 12.6 Å². The summed E-state index contributed by atoms with van der Waals surface area (Å²) < 4.78 is 6.22. The number of H-pyrrole nitrogens is 1. The molecule has 0 saturated carbocycles. The monoisotopic (exact) mass is 350 g/mol. The molecule has 0 aliphatic rings. The second-order valence-corrected chi connectivity index (χ2v) is 5.70. The number of nitrogens with zero attached hydrogens (tertiary/aromatic N) is 1. The maximum atomic E-state index is 12.4. The summed E-state index contributed by atoms with van der Waals surface area (Å²) in [4.78, 5) is 38.8. The van der Waals surface area contributed by atoms with Gasteiger partial charge in [0.1, 0.15) is 0 Å². The van der Waals surface area contributed by atoms with Crippen molar-refractivity contribution in [1.82, 2.24) is 9.55 Å². The summed E-state index contributed by atoms with van der Waals surface area (Å²) in [5, 5.41) is 0.454. The lowest BCUT2D eigenvalue weighted by atomic mass is 10.2. The Kier molecular flexibility index (Phi) is 5.43. The molecule has 3 rings (SSSR count). The van der Waals surface area contributed by atoms with E-state index in [1.165, 1.54) is 6.08 Å². The predicted octanol–water partition coefficient (Wildman–Crippen LogP) is 2.34. The Morgan fingerprint density at radius 1 is 1.04 bits per heavy atom. The van der Waals surface area contributed by atoms with E-state index in [9.17, 15) is 14.4 Å². The van der Waals surface area contributed by atoms with Crippen molar-refractivity contribution in [3.05, 3.63) is 87.1 Å². The average molecular weight is 350 g/mol. The zero-order valence-electron chi connectivity index (χ0n) is 14.1. The van der Waals surface area contributed by atoms with Crippen LogP contribution in [0.15, 0.2) is 70.3 Å². The fraction of sp³-hybridized carbons (Fsp3) is 0.150. The first-order valence-electron chi connectivity index (χ1n) is 8.27. The first-order chi connectivity index (χ1) is 12.6. The summed E-state index contributed by atoms with van der Waals surface area (Å²) in [5.41, 5.74) is 0.596. The van der Waals surface area contributed by atoms with E-state index in [1.54, 1.807) is 30.3 Å². The minimum atomic E-state index is -0.469. The second kappa shape index (κ2) is 8.11. The molecule has 26 heavy (non-hydrogen) atoms. The number of benzene rings is 2. The third kappa shape index (κ3) is 4.16. The lowest BCUT2D eigenvalue weighted by molar-refractivity contribution is -0.137. The number of hydrogen-bond acceptors (Lipinski definition) is 4. The third-order valence-electron chi connectivity index (χ3n) is 3.87. The van der Waals surface area contributed by atoms with Gasteiger partial charge in [-0.05, 0) is 30.2 Å². The fourth-order valence-electron chi connectivity index (χ4n) is 2.57. The van der Waals surface area contributed by atoms with E-state index in [-0.39, 0.29) is 18.7 Å². The van der Waals surface area contributed by atoms with E-state index < -0.39 is 11.7 Å². The molecule has 0 radical (unpaired) electrons. The molecule has 2 aromatic carbocycles. The van der Waals surface area contributed by atoms with Crippen molar-refractivity contribution in [3.8, 4) is 0 Å². The Morgan fingerprint density at radius 3 is 2.58 bits per heavy atom. The Morgan fingerprint density at radius 2 is 1.77 bits per heavy atom. The Balaban J connectivity index is 1.56. The number of ether oxygens (including phenoxy) is 1. The van der Waals surface area contributed by atoms with Gasteiger partial charge in [-0.25, -0.2) is 9.59 Å². The molecule has 0 unspecified atom stereocenters. The largest absolute Gasteiger partial charge is 0.462 e. The van der Waals surface area contributed by atoms with Crippen LogP contribution in [0.1, 0.15) is 12.0 Å². The van der Waals surface area contributed by atoms with Gasteiger partial charge in [-0.15, -0.1) is 0 Å². The van der Waals surface area contributed by atoms with E-state index in [0.29, 0.717) is 17.3 Å². The van der Waals surface area contributed by atoms with Crippen LogP contribution in [0.25, 0.3) is 17.0 Å². The molecule has 0 aliphatic heterocycles. The van der Waals surface area contributed by atoms with E-state index in [1.807, 2.05) is 30.3 Å². The topological polar surface area (TPSA) is 81.2 Å². The van der Waals surface area contributed by atoms with Gasteiger partial charge in [0.05, 0.1) is 17.5 Å². The highest BCUT2D eigenvalue weighted by Gasteiger charge is 2.07. The third-order valence-corrected chi connectivity index (χ3v) is 3.87. The first-order valence-corrected chi connectivity index (χ1v) is 8.27. The van der Waals surface area contributed by atoms with Crippen molar-refractivity contribution in [2.45, 2.75) is 13.0 Å². The summed E-state index contributed by atoms with van der Waals surface area (Å²) in [7, 11) is 0. The Labute approximate surface area is 149 Å². The van der Waals surface area contributed by atoms with E-state index >= 15 is 0 Å². The standard InChI is InChI=1S/C20H18N2O4/c23-18(12-11-15-7-2-1-3-8-15)26-14-6-13-22-19(24)16-9-4-5-10-17(16)21-20(22)25/h1-5,7-12H,6,13-14H2,(H,21,25)/b12-11+. The maximum absolute atomic E-state index is 12.4. The van der Waals surface area contributed by atoms with Crippen LogP contribution in [-0.4, -0.2) is 22.1 Å². The van der Waals surface area contributed by atoms with Crippen LogP contribution >= 0.6 is 0 Å². The lowest BCUT2D eigenvalue weighted by Gasteiger charge is -2.06. The van der Waals surface area contributed by atoms with Crippen LogP contribution in [0.3, 0.4) is 0 Å². The van der Waals surface area contributed by atoms with Gasteiger partial charge in [0.2, 0.25) is 0 Å². The number of esters is 1. The summed E-state index contributed by atoms with van der Waals surface area (Å²) >= 11 is 0. The van der Waals surface area contributed by atoms with Gasteiger partial charge < -0.3 is 9.72 Å². The number of nitrogens with one attached hydrogen (secondary N) is 1. The van der Waals surface area contributed by atoms with Gasteiger partial charge in [0.25, 0.3) is 5.56 Å². The van der Waals surface area contributed by atoms with Gasteiger partial charge >= 0.3 is 11.7 Å². The van der Waals surface area contributed by atoms with Gasteiger partial charge in [-0.3, -0.25) is 9.36 Å². The van der Waals surface area contributed by atoms with Gasteiger partial charge in [-0.1, -0.05) is 42.5 Å². The highest BCUT2D eigenvalue weighted by molar-refractivity contribution is 5.87. The SMILES string of the molecule is O=C(/C=C/c1ccccc1)OCCCn1c(=O)[nH]c2ccccc2c1=O. The molecule has 0 aliphatic carbocycles. The summed E-state index contributed by atoms with van der Waals surface area (Å²) in [6.07, 6.45) is 3.39. The number of aromatic amines is 1. The fourth-order valence-corrected chi connectivity index (χ4v) is 2.57. The predicted molar refractivity (Wildman–Crippen MR) is 99.9 cm³/mol. The average Bonchev–Trinajstić information content (AvgIpc) is 2.66. The Bertz CT molecular complexity index is 1050. The van der Waals surface area contributed by atoms with Crippen LogP contribution in [0.2, 0.25) is 0 Å². The van der Waals surface area contributed by atoms with Crippen LogP contribution in [0, 0.1) is 0 Å². The molecule has 0 amide bonds. The molecule has 0 saturated heterocycles. The van der Waals surface area contributed by atoms with E-state index in [2.05, 4.69) is 4.98 Å². The highest BCUT2D eigenvalue weighted by atomic mass is 16.5. The quantitative estimate of drug-likeness (QED) is 0.420. The first kappa shape index (κ1) is 17.4. The minimum Gasteiger partial charge on any atom is -0.462 e. The molecule has 6 nitrogen and oxygen atoms in total. The summed E-state index contributed by atoms with van der Waals surface area (Å²) in [5.74, 6) is -0.464. The van der Waals surface area contributed by atoms with Crippen molar-refractivity contribution >= 4 is 22.9 Å². The van der Waals surface area contributed by atoms with Crippen LogP contribution in [0.5, 0.6) is 0 Å². The summed E-state index contributed by atoms with van der Waals surface area (Å²) in [6.45, 7) is 0.297. The molecule has 0 spiro atoms. The highest BCUT2D eigenvalue weighted by Crippen LogP contribution is 2.03. The Hall–Kier alpha value is -3.41. The van der Waals surface area contributed by atoms with Crippen LogP contribution in [-0.2, 0) is 16.1 Å². The molecule has 1 heterocycles. The molecule has 0 fully saturated rings. The van der Waals surface area contributed by atoms with E-state index in [4.69, 9.17) is 4.74 Å². The molecule has 132 valence electrons. The lowest BCUT2D eigenvalue weighted by Crippen LogP contribution is -2.35. The van der Waals surface area contributed by atoms with Crippen molar-refractivity contribution in [2.24, 2.45) is 0 Å². The number of fused-ring (bicyclic) bond motifs is 1. The smallest absolute Gasteiger partial charge is 0.330 e. The molecule has 1 aromatic heterocycles. The van der Waals surface area contributed by atoms with Crippen molar-refractivity contribution in [1.29, 1.82) is 0 Å². The van der Waals surface area contributed by atoms with Gasteiger partial charge in [-0.2, -0.15) is 0 Å².